The second kappa shape index (κ2) is 5.54. The molecule has 0 spiro atoms. The molecule has 0 saturated carbocycles. The molecule has 0 fully saturated rings. The molecule has 0 heterocycles. The van der Waals surface area contributed by atoms with Crippen LogP contribution < -0.4 is 5.73 Å². The minimum absolute atomic E-state index is 0.632. The molecular formula is C20H15N3. The van der Waals surface area contributed by atoms with Crippen LogP contribution in [0.4, 0.5) is 17.1 Å². The van der Waals surface area contributed by atoms with E-state index in [2.05, 4.69) is 28.4 Å². The third kappa shape index (κ3) is 2.42. The maximum Gasteiger partial charge on any atom is 0.116 e. The zero-order chi connectivity index (χ0) is 15.6. The van der Waals surface area contributed by atoms with E-state index in [1.807, 2.05) is 60.7 Å². The summed E-state index contributed by atoms with van der Waals surface area (Å²) in [6, 6.07) is 26.1. The molecule has 0 aromatic heterocycles. The Morgan fingerprint density at radius 3 is 2.04 bits per heavy atom. The van der Waals surface area contributed by atoms with Gasteiger partial charge in [-0.25, -0.2) is 0 Å². The zero-order valence-corrected chi connectivity index (χ0v) is 12.5. The van der Waals surface area contributed by atoms with Crippen molar-refractivity contribution in [2.45, 2.75) is 0 Å². The first-order valence-electron chi connectivity index (χ1n) is 7.50. The molecule has 0 aliphatic heterocycles. The van der Waals surface area contributed by atoms with Gasteiger partial charge in [0.2, 0.25) is 0 Å². The van der Waals surface area contributed by atoms with Crippen LogP contribution in [0.2, 0.25) is 0 Å². The highest BCUT2D eigenvalue weighted by Crippen LogP contribution is 2.34. The lowest BCUT2D eigenvalue weighted by Crippen LogP contribution is -1.85. The molecule has 0 aliphatic carbocycles. The predicted molar refractivity (Wildman–Crippen MR) is 96.5 cm³/mol. The fourth-order valence-electron chi connectivity index (χ4n) is 2.78. The summed E-state index contributed by atoms with van der Waals surface area (Å²) in [5.41, 5.74) is 8.30. The lowest BCUT2D eigenvalue weighted by molar-refractivity contribution is 1.25. The van der Waals surface area contributed by atoms with Crippen LogP contribution in [0.5, 0.6) is 0 Å². The zero-order valence-electron chi connectivity index (χ0n) is 12.5. The van der Waals surface area contributed by atoms with E-state index in [0.717, 1.165) is 32.9 Å². The molecule has 4 aromatic rings. The van der Waals surface area contributed by atoms with Crippen LogP contribution in [0, 0.1) is 0 Å². The van der Waals surface area contributed by atoms with Gasteiger partial charge in [-0.15, -0.1) is 10.2 Å². The van der Waals surface area contributed by atoms with Crippen molar-refractivity contribution in [3.63, 3.8) is 0 Å². The lowest BCUT2D eigenvalue weighted by atomic mass is 10.1. The number of fused-ring (bicyclic) bond motifs is 2. The number of nitrogen functional groups attached to an aromatic ring is 1. The SMILES string of the molecule is Nc1ccc2ccccc2c1N=Nc1cccc2ccccc12. The molecule has 23 heavy (non-hydrogen) atoms. The quantitative estimate of drug-likeness (QED) is 0.358. The summed E-state index contributed by atoms with van der Waals surface area (Å²) in [6.45, 7) is 0. The Hall–Kier alpha value is -3.20. The van der Waals surface area contributed by atoms with E-state index < -0.39 is 0 Å². The van der Waals surface area contributed by atoms with Crippen LogP contribution in [0.3, 0.4) is 0 Å². The van der Waals surface area contributed by atoms with Crippen molar-refractivity contribution in [3.05, 3.63) is 78.9 Å². The van der Waals surface area contributed by atoms with Crippen LogP contribution in [-0.2, 0) is 0 Å². The van der Waals surface area contributed by atoms with Gasteiger partial charge >= 0.3 is 0 Å². The maximum absolute atomic E-state index is 6.11. The van der Waals surface area contributed by atoms with Crippen molar-refractivity contribution in [1.82, 2.24) is 0 Å². The Balaban J connectivity index is 1.87. The van der Waals surface area contributed by atoms with Crippen molar-refractivity contribution in [3.8, 4) is 0 Å². The number of rotatable bonds is 2. The largest absolute Gasteiger partial charge is 0.397 e. The summed E-state index contributed by atoms with van der Waals surface area (Å²) in [5, 5.41) is 13.3. The Labute approximate surface area is 134 Å². The van der Waals surface area contributed by atoms with E-state index in [-0.39, 0.29) is 0 Å². The van der Waals surface area contributed by atoms with Gasteiger partial charge in [0.1, 0.15) is 5.69 Å². The first-order valence-corrected chi connectivity index (χ1v) is 7.50. The molecule has 4 rings (SSSR count). The lowest BCUT2D eigenvalue weighted by Gasteiger charge is -2.05. The number of anilines is 1. The van der Waals surface area contributed by atoms with Crippen LogP contribution >= 0.6 is 0 Å². The molecule has 0 saturated heterocycles. The molecule has 0 bridgehead atoms. The monoisotopic (exact) mass is 297 g/mol. The van der Waals surface area contributed by atoms with Gasteiger partial charge in [-0.1, -0.05) is 66.7 Å². The molecule has 0 amide bonds. The van der Waals surface area contributed by atoms with Gasteiger partial charge in [-0.3, -0.25) is 0 Å². The minimum atomic E-state index is 0.632. The first-order chi connectivity index (χ1) is 11.3. The fraction of sp³-hybridized carbons (Fsp3) is 0. The number of nitrogens with zero attached hydrogens (tertiary/aromatic N) is 2. The van der Waals surface area contributed by atoms with Crippen molar-refractivity contribution < 1.29 is 0 Å². The van der Waals surface area contributed by atoms with E-state index in [0.29, 0.717) is 5.69 Å². The average Bonchev–Trinajstić information content (AvgIpc) is 2.61. The van der Waals surface area contributed by atoms with Gasteiger partial charge in [-0.2, -0.15) is 0 Å². The molecule has 3 heteroatoms. The molecule has 0 radical (unpaired) electrons. The van der Waals surface area contributed by atoms with Crippen LogP contribution in [0.1, 0.15) is 0 Å². The molecule has 2 N–H and O–H groups in total. The van der Waals surface area contributed by atoms with E-state index in [9.17, 15) is 0 Å². The smallest absolute Gasteiger partial charge is 0.116 e. The third-order valence-corrected chi connectivity index (χ3v) is 3.96. The van der Waals surface area contributed by atoms with Crippen LogP contribution in [-0.4, -0.2) is 0 Å². The second-order valence-corrected chi connectivity index (χ2v) is 5.42. The van der Waals surface area contributed by atoms with Crippen LogP contribution in [0.25, 0.3) is 21.5 Å². The van der Waals surface area contributed by atoms with Crippen molar-refractivity contribution in [2.75, 3.05) is 5.73 Å². The highest BCUT2D eigenvalue weighted by atomic mass is 15.1. The predicted octanol–water partition coefficient (Wildman–Crippen LogP) is 5.99. The number of azo groups is 1. The number of nitrogens with two attached hydrogens (primary N) is 1. The van der Waals surface area contributed by atoms with Gasteiger partial charge in [0.25, 0.3) is 0 Å². The molecule has 110 valence electrons. The fourth-order valence-corrected chi connectivity index (χ4v) is 2.78. The van der Waals surface area contributed by atoms with Crippen molar-refractivity contribution in [2.24, 2.45) is 10.2 Å². The van der Waals surface area contributed by atoms with E-state index >= 15 is 0 Å². The standard InChI is InChI=1S/C20H15N3/c21-18-13-12-15-7-2-4-10-17(15)20(18)23-22-19-11-5-8-14-6-1-3-9-16(14)19/h1-13H,21H2. The molecule has 3 nitrogen and oxygen atoms in total. The van der Waals surface area contributed by atoms with Gasteiger partial charge in [0.05, 0.1) is 11.4 Å². The third-order valence-electron chi connectivity index (χ3n) is 3.96. The maximum atomic E-state index is 6.11. The number of benzene rings is 4. The molecule has 0 atom stereocenters. The summed E-state index contributed by atoms with van der Waals surface area (Å²) in [4.78, 5) is 0. The minimum Gasteiger partial charge on any atom is -0.397 e. The normalized spacial score (nSPS) is 11.5. The van der Waals surface area contributed by atoms with Gasteiger partial charge in [0.15, 0.2) is 0 Å². The van der Waals surface area contributed by atoms with Crippen LogP contribution in [0.15, 0.2) is 89.1 Å². The summed E-state index contributed by atoms with van der Waals surface area (Å²) in [5.74, 6) is 0. The first kappa shape index (κ1) is 13.5. The second-order valence-electron chi connectivity index (χ2n) is 5.42. The van der Waals surface area contributed by atoms with E-state index in [4.69, 9.17) is 5.73 Å². The number of hydrogen-bond acceptors (Lipinski definition) is 3. The molecule has 4 aromatic carbocycles. The molecule has 0 unspecified atom stereocenters. The van der Waals surface area contributed by atoms with Crippen molar-refractivity contribution >= 4 is 38.6 Å². The topological polar surface area (TPSA) is 50.7 Å². The van der Waals surface area contributed by atoms with E-state index in [1.54, 1.807) is 0 Å². The Kier molecular flexibility index (Phi) is 3.24. The summed E-state index contributed by atoms with van der Waals surface area (Å²) < 4.78 is 0. The Bertz CT molecular complexity index is 1030. The Morgan fingerprint density at radius 2 is 1.22 bits per heavy atom. The summed E-state index contributed by atoms with van der Waals surface area (Å²) in [7, 11) is 0. The Morgan fingerprint density at radius 1 is 0.565 bits per heavy atom. The van der Waals surface area contributed by atoms with Gasteiger partial charge in [0, 0.05) is 10.8 Å². The highest BCUT2D eigenvalue weighted by molar-refractivity contribution is 5.98. The van der Waals surface area contributed by atoms with Gasteiger partial charge in [-0.05, 0) is 22.9 Å². The molecule has 0 aliphatic rings. The van der Waals surface area contributed by atoms with Crippen molar-refractivity contribution in [1.29, 1.82) is 0 Å². The molecular weight excluding hydrogens is 282 g/mol. The highest BCUT2D eigenvalue weighted by Gasteiger charge is 2.05. The summed E-state index contributed by atoms with van der Waals surface area (Å²) in [6.07, 6.45) is 0. The number of hydrogen-bond donors (Lipinski definition) is 1. The van der Waals surface area contributed by atoms with E-state index in [1.165, 1.54) is 0 Å². The average molecular weight is 297 g/mol. The summed E-state index contributed by atoms with van der Waals surface area (Å²) >= 11 is 0. The van der Waals surface area contributed by atoms with Gasteiger partial charge < -0.3 is 5.73 Å².